The molecule has 0 fully saturated rings. The van der Waals surface area contributed by atoms with Gasteiger partial charge in [0.2, 0.25) is 10.0 Å². The molecule has 0 aliphatic rings. The van der Waals surface area contributed by atoms with E-state index in [0.717, 1.165) is 22.1 Å². The summed E-state index contributed by atoms with van der Waals surface area (Å²) in [5, 5.41) is -0.169. The number of hydrogen-bond acceptors (Lipinski definition) is 4. The maximum absolute atomic E-state index is 12.2. The van der Waals surface area contributed by atoms with Gasteiger partial charge in [0, 0.05) is 25.4 Å². The van der Waals surface area contributed by atoms with Crippen LogP contribution in [0.4, 0.5) is 0 Å². The van der Waals surface area contributed by atoms with Crippen LogP contribution in [0.5, 0.6) is 0 Å². The highest BCUT2D eigenvalue weighted by atomic mass is 35.5. The number of nitrogens with zero attached hydrogens (tertiary/aromatic N) is 1. The molecule has 2 aromatic rings. The van der Waals surface area contributed by atoms with E-state index >= 15 is 0 Å². The molecular formula is C11H11ClN2O4S. The first-order chi connectivity index (χ1) is 8.91. The van der Waals surface area contributed by atoms with Gasteiger partial charge in [-0.3, -0.25) is 4.79 Å². The fourth-order valence-electron chi connectivity index (χ4n) is 1.49. The second kappa shape index (κ2) is 5.20. The summed E-state index contributed by atoms with van der Waals surface area (Å²) in [6.07, 6.45) is 4.05. The predicted octanol–water partition coefficient (Wildman–Crippen LogP) is 1.44. The Bertz CT molecular complexity index is 721. The Morgan fingerprint density at radius 2 is 2.21 bits per heavy atom. The molecule has 0 spiro atoms. The number of hydrogen-bond donors (Lipinski definition) is 1. The van der Waals surface area contributed by atoms with E-state index in [0.29, 0.717) is 0 Å². The SMILES string of the molecule is CN(Cc1ccoc1)S(=O)(=O)c1c[nH]c(=O)c(Cl)c1. The molecule has 2 rings (SSSR count). The molecular weight excluding hydrogens is 292 g/mol. The van der Waals surface area contributed by atoms with Gasteiger partial charge in [-0.05, 0) is 12.1 Å². The van der Waals surface area contributed by atoms with Crippen molar-refractivity contribution in [1.82, 2.24) is 9.29 Å². The third-order valence-corrected chi connectivity index (χ3v) is 4.59. The summed E-state index contributed by atoms with van der Waals surface area (Å²) in [5.74, 6) is 0. The Morgan fingerprint density at radius 1 is 1.47 bits per heavy atom. The van der Waals surface area contributed by atoms with Gasteiger partial charge in [-0.1, -0.05) is 11.6 Å². The summed E-state index contributed by atoms with van der Waals surface area (Å²) in [7, 11) is -2.29. The lowest BCUT2D eigenvalue weighted by atomic mass is 10.3. The zero-order chi connectivity index (χ0) is 14.0. The molecule has 0 saturated heterocycles. The Labute approximate surface area is 114 Å². The van der Waals surface area contributed by atoms with Crippen LogP contribution in [0.1, 0.15) is 5.56 Å². The molecule has 8 heteroatoms. The van der Waals surface area contributed by atoms with Gasteiger partial charge in [0.25, 0.3) is 5.56 Å². The second-order valence-electron chi connectivity index (χ2n) is 3.91. The van der Waals surface area contributed by atoms with Gasteiger partial charge in [0.1, 0.15) is 5.02 Å². The smallest absolute Gasteiger partial charge is 0.266 e. The van der Waals surface area contributed by atoms with Crippen LogP contribution in [0, 0.1) is 0 Å². The average molecular weight is 303 g/mol. The number of H-pyrrole nitrogens is 1. The summed E-state index contributed by atoms with van der Waals surface area (Å²) in [4.78, 5) is 13.3. The second-order valence-corrected chi connectivity index (χ2v) is 6.36. The normalized spacial score (nSPS) is 11.9. The number of halogens is 1. The lowest BCUT2D eigenvalue weighted by Gasteiger charge is -2.16. The van der Waals surface area contributed by atoms with E-state index in [4.69, 9.17) is 16.0 Å². The first kappa shape index (κ1) is 13.9. The molecule has 0 atom stereocenters. The molecule has 1 N–H and O–H groups in total. The monoisotopic (exact) mass is 302 g/mol. The Morgan fingerprint density at radius 3 is 2.79 bits per heavy atom. The number of furan rings is 1. The van der Waals surface area contributed by atoms with Gasteiger partial charge in [-0.2, -0.15) is 4.31 Å². The van der Waals surface area contributed by atoms with E-state index in [9.17, 15) is 13.2 Å². The molecule has 0 aliphatic carbocycles. The minimum absolute atomic E-state index is 0.0666. The molecule has 0 aliphatic heterocycles. The Hall–Kier alpha value is -1.57. The predicted molar refractivity (Wildman–Crippen MR) is 69.4 cm³/mol. The van der Waals surface area contributed by atoms with E-state index in [1.165, 1.54) is 19.6 Å². The molecule has 2 heterocycles. The van der Waals surface area contributed by atoms with Crippen LogP contribution in [-0.4, -0.2) is 24.8 Å². The summed E-state index contributed by atoms with van der Waals surface area (Å²) in [6.45, 7) is 0.162. The van der Waals surface area contributed by atoms with Crippen molar-refractivity contribution in [1.29, 1.82) is 0 Å². The quantitative estimate of drug-likeness (QED) is 0.926. The summed E-state index contributed by atoms with van der Waals surface area (Å²) < 4.78 is 30.5. The Balaban J connectivity index is 2.31. The van der Waals surface area contributed by atoms with Crippen LogP contribution in [-0.2, 0) is 16.6 Å². The standard InChI is InChI=1S/C11H11ClN2O4S/c1-14(6-8-2-3-18-7-8)19(16,17)9-4-10(12)11(15)13-5-9/h2-5,7H,6H2,1H3,(H,13,15). The molecule has 0 saturated carbocycles. The van der Waals surface area contributed by atoms with Crippen LogP contribution >= 0.6 is 11.6 Å². The molecule has 6 nitrogen and oxygen atoms in total. The molecule has 0 unspecified atom stereocenters. The van der Waals surface area contributed by atoms with Crippen LogP contribution in [0.2, 0.25) is 5.02 Å². The molecule has 0 bridgehead atoms. The van der Waals surface area contributed by atoms with Crippen molar-refractivity contribution >= 4 is 21.6 Å². The number of rotatable bonds is 4. The van der Waals surface area contributed by atoms with Gasteiger partial charge in [-0.25, -0.2) is 8.42 Å². The maximum Gasteiger partial charge on any atom is 0.266 e. The van der Waals surface area contributed by atoms with Crippen LogP contribution in [0.3, 0.4) is 0 Å². The molecule has 102 valence electrons. The van der Waals surface area contributed by atoms with Gasteiger partial charge in [-0.15, -0.1) is 0 Å². The largest absolute Gasteiger partial charge is 0.472 e. The number of pyridine rings is 1. The number of sulfonamides is 1. The molecule has 0 aromatic carbocycles. The highest BCUT2D eigenvalue weighted by Gasteiger charge is 2.22. The van der Waals surface area contributed by atoms with Crippen LogP contribution in [0.25, 0.3) is 0 Å². The van der Waals surface area contributed by atoms with Crippen molar-refractivity contribution in [3.63, 3.8) is 0 Å². The summed E-state index contributed by atoms with van der Waals surface area (Å²) in [6, 6.07) is 2.80. The van der Waals surface area contributed by atoms with Crippen molar-refractivity contribution < 1.29 is 12.8 Å². The highest BCUT2D eigenvalue weighted by Crippen LogP contribution is 2.17. The number of aromatic amines is 1. The average Bonchev–Trinajstić information content (AvgIpc) is 2.85. The van der Waals surface area contributed by atoms with Gasteiger partial charge < -0.3 is 9.40 Å². The van der Waals surface area contributed by atoms with Crippen LogP contribution in [0.15, 0.2) is 45.0 Å². The maximum atomic E-state index is 12.2. The summed E-state index contributed by atoms with van der Waals surface area (Å²) in [5.41, 5.74) is 0.194. The van der Waals surface area contributed by atoms with Crippen molar-refractivity contribution in [3.05, 3.63) is 51.8 Å². The van der Waals surface area contributed by atoms with E-state index in [1.807, 2.05) is 0 Å². The van der Waals surface area contributed by atoms with Gasteiger partial charge in [0.15, 0.2) is 0 Å². The molecule has 2 aromatic heterocycles. The highest BCUT2D eigenvalue weighted by molar-refractivity contribution is 7.89. The Kier molecular flexibility index (Phi) is 3.79. The lowest BCUT2D eigenvalue weighted by Crippen LogP contribution is -2.27. The molecule has 0 radical (unpaired) electrons. The fraction of sp³-hybridized carbons (Fsp3) is 0.182. The topological polar surface area (TPSA) is 83.4 Å². The van der Waals surface area contributed by atoms with Crippen molar-refractivity contribution in [2.75, 3.05) is 7.05 Å². The number of nitrogens with one attached hydrogen (secondary N) is 1. The minimum atomic E-state index is -3.72. The number of aromatic nitrogens is 1. The van der Waals surface area contributed by atoms with Crippen LogP contribution < -0.4 is 5.56 Å². The zero-order valence-corrected chi connectivity index (χ0v) is 11.5. The van der Waals surface area contributed by atoms with Crippen molar-refractivity contribution in [3.8, 4) is 0 Å². The van der Waals surface area contributed by atoms with E-state index in [2.05, 4.69) is 4.98 Å². The first-order valence-corrected chi connectivity index (χ1v) is 7.08. The third-order valence-electron chi connectivity index (χ3n) is 2.52. The van der Waals surface area contributed by atoms with E-state index in [-0.39, 0.29) is 16.5 Å². The van der Waals surface area contributed by atoms with E-state index < -0.39 is 15.6 Å². The zero-order valence-electron chi connectivity index (χ0n) is 9.96. The molecule has 0 amide bonds. The minimum Gasteiger partial charge on any atom is -0.472 e. The van der Waals surface area contributed by atoms with Crippen molar-refractivity contribution in [2.24, 2.45) is 0 Å². The fourth-order valence-corrected chi connectivity index (χ4v) is 2.88. The van der Waals surface area contributed by atoms with Gasteiger partial charge >= 0.3 is 0 Å². The third kappa shape index (κ3) is 2.89. The summed E-state index contributed by atoms with van der Waals surface area (Å²) >= 11 is 5.63. The van der Waals surface area contributed by atoms with E-state index in [1.54, 1.807) is 6.07 Å². The van der Waals surface area contributed by atoms with Crippen molar-refractivity contribution in [2.45, 2.75) is 11.4 Å². The lowest BCUT2D eigenvalue weighted by molar-refractivity contribution is 0.463. The molecule has 19 heavy (non-hydrogen) atoms. The van der Waals surface area contributed by atoms with Gasteiger partial charge in [0.05, 0.1) is 17.4 Å². The first-order valence-electron chi connectivity index (χ1n) is 5.27.